The van der Waals surface area contributed by atoms with Crippen LogP contribution in [0.3, 0.4) is 0 Å². The van der Waals surface area contributed by atoms with Crippen LogP contribution < -0.4 is 9.62 Å². The lowest BCUT2D eigenvalue weighted by Gasteiger charge is -2.34. The number of hydrogen-bond acceptors (Lipinski definition) is 4. The third kappa shape index (κ3) is 8.88. The molecule has 7 nitrogen and oxygen atoms in total. The Labute approximate surface area is 271 Å². The Morgan fingerprint density at radius 3 is 2.11 bits per heavy atom. The van der Waals surface area contributed by atoms with E-state index in [0.717, 1.165) is 17.7 Å². The molecule has 0 saturated carbocycles. The molecular formula is C34H33ClF3N3O4S. The van der Waals surface area contributed by atoms with Gasteiger partial charge >= 0.3 is 6.18 Å². The van der Waals surface area contributed by atoms with E-state index in [4.69, 9.17) is 11.6 Å². The summed E-state index contributed by atoms with van der Waals surface area (Å²) in [5.74, 6) is -1.26. The van der Waals surface area contributed by atoms with E-state index in [9.17, 15) is 31.2 Å². The second kappa shape index (κ2) is 15.3. The fraction of sp³-hybridized carbons (Fsp3) is 0.235. The SMILES string of the molecule is CCCNC(=O)C(Cc1ccccc1)N(Cc1cccc(Cl)c1)C(=O)CN(c1cccc(C(F)(F)F)c1)S(=O)(=O)c1ccccc1. The highest BCUT2D eigenvalue weighted by Crippen LogP contribution is 2.33. The molecule has 4 aromatic carbocycles. The van der Waals surface area contributed by atoms with Crippen LogP contribution in [0, 0.1) is 0 Å². The van der Waals surface area contributed by atoms with Crippen molar-refractivity contribution >= 4 is 39.1 Å². The fourth-order valence-electron chi connectivity index (χ4n) is 4.84. The number of anilines is 1. The first kappa shape index (κ1) is 34.5. The molecule has 0 radical (unpaired) electrons. The van der Waals surface area contributed by atoms with E-state index in [2.05, 4.69) is 5.32 Å². The quantitative estimate of drug-likeness (QED) is 0.171. The van der Waals surface area contributed by atoms with Crippen LogP contribution in [0.2, 0.25) is 5.02 Å². The molecule has 1 unspecified atom stereocenters. The Morgan fingerprint density at radius 2 is 1.48 bits per heavy atom. The summed E-state index contributed by atoms with van der Waals surface area (Å²) >= 11 is 6.23. The molecule has 0 aliphatic heterocycles. The maximum absolute atomic E-state index is 14.4. The number of carbonyl (C=O) groups excluding carboxylic acids is 2. The highest BCUT2D eigenvalue weighted by molar-refractivity contribution is 7.92. The third-order valence-corrected chi connectivity index (χ3v) is 9.16. The van der Waals surface area contributed by atoms with Gasteiger partial charge in [-0.1, -0.05) is 85.3 Å². The van der Waals surface area contributed by atoms with E-state index < -0.39 is 46.2 Å². The average molecular weight is 672 g/mol. The van der Waals surface area contributed by atoms with Crippen molar-refractivity contribution < 1.29 is 31.2 Å². The summed E-state index contributed by atoms with van der Waals surface area (Å²) < 4.78 is 69.7. The normalized spacial score (nSPS) is 12.3. The van der Waals surface area contributed by atoms with Gasteiger partial charge < -0.3 is 10.2 Å². The molecule has 4 aromatic rings. The van der Waals surface area contributed by atoms with E-state index in [0.29, 0.717) is 33.9 Å². The number of alkyl halides is 3. The highest BCUT2D eigenvalue weighted by Gasteiger charge is 2.36. The summed E-state index contributed by atoms with van der Waals surface area (Å²) in [5.41, 5.74) is -0.124. The lowest BCUT2D eigenvalue weighted by atomic mass is 10.0. The Balaban J connectivity index is 1.83. The molecule has 0 aliphatic rings. The monoisotopic (exact) mass is 671 g/mol. The molecule has 12 heteroatoms. The van der Waals surface area contributed by atoms with Gasteiger partial charge in [0.15, 0.2) is 0 Å². The molecule has 1 N–H and O–H groups in total. The van der Waals surface area contributed by atoms with Gasteiger partial charge in [-0.2, -0.15) is 13.2 Å². The predicted octanol–water partition coefficient (Wildman–Crippen LogP) is 6.72. The van der Waals surface area contributed by atoms with Gasteiger partial charge in [0, 0.05) is 24.5 Å². The maximum atomic E-state index is 14.4. The number of hydrogen-bond donors (Lipinski definition) is 1. The number of nitrogens with one attached hydrogen (secondary N) is 1. The highest BCUT2D eigenvalue weighted by atomic mass is 35.5. The van der Waals surface area contributed by atoms with E-state index in [1.807, 2.05) is 13.0 Å². The van der Waals surface area contributed by atoms with Crippen LogP contribution >= 0.6 is 11.6 Å². The van der Waals surface area contributed by atoms with Crippen LogP contribution in [0.5, 0.6) is 0 Å². The summed E-state index contributed by atoms with van der Waals surface area (Å²) in [4.78, 5) is 29.1. The molecule has 1 atom stereocenters. The van der Waals surface area contributed by atoms with Gasteiger partial charge in [0.05, 0.1) is 16.1 Å². The molecule has 4 rings (SSSR count). The number of nitrogens with zero attached hydrogens (tertiary/aromatic N) is 2. The molecule has 242 valence electrons. The molecule has 0 heterocycles. The molecule has 0 bridgehead atoms. The number of carbonyl (C=O) groups is 2. The molecule has 0 spiro atoms. The molecular weight excluding hydrogens is 639 g/mol. The van der Waals surface area contributed by atoms with Crippen molar-refractivity contribution in [3.63, 3.8) is 0 Å². The third-order valence-electron chi connectivity index (χ3n) is 7.13. The summed E-state index contributed by atoms with van der Waals surface area (Å²) in [6.07, 6.45) is -4.04. The van der Waals surface area contributed by atoms with Crippen LogP contribution in [0.4, 0.5) is 18.9 Å². The largest absolute Gasteiger partial charge is 0.416 e. The average Bonchev–Trinajstić information content (AvgIpc) is 3.04. The van der Waals surface area contributed by atoms with Gasteiger partial charge in [0.25, 0.3) is 10.0 Å². The van der Waals surface area contributed by atoms with Crippen LogP contribution in [-0.4, -0.2) is 44.3 Å². The minimum absolute atomic E-state index is 0.0949. The topological polar surface area (TPSA) is 86.8 Å². The number of amides is 2. The van der Waals surface area contributed by atoms with Gasteiger partial charge in [-0.25, -0.2) is 8.42 Å². The lowest BCUT2D eigenvalue weighted by molar-refractivity contribution is -0.140. The van der Waals surface area contributed by atoms with Gasteiger partial charge in [0.2, 0.25) is 11.8 Å². The lowest BCUT2D eigenvalue weighted by Crippen LogP contribution is -2.53. The van der Waals surface area contributed by atoms with Crippen LogP contribution in [-0.2, 0) is 38.8 Å². The Morgan fingerprint density at radius 1 is 0.848 bits per heavy atom. The van der Waals surface area contributed by atoms with Gasteiger partial charge in [-0.3, -0.25) is 13.9 Å². The molecule has 0 aliphatic carbocycles. The van der Waals surface area contributed by atoms with E-state index in [-0.39, 0.29) is 23.5 Å². The van der Waals surface area contributed by atoms with E-state index in [1.54, 1.807) is 54.6 Å². The molecule has 0 aromatic heterocycles. The van der Waals surface area contributed by atoms with Crippen LogP contribution in [0.25, 0.3) is 0 Å². The fourth-order valence-corrected chi connectivity index (χ4v) is 6.48. The number of halogens is 4. The first-order chi connectivity index (χ1) is 21.9. The molecule has 0 fully saturated rings. The Bertz CT molecular complexity index is 1740. The van der Waals surface area contributed by atoms with Crippen molar-refractivity contribution in [3.05, 3.63) is 131 Å². The first-order valence-corrected chi connectivity index (χ1v) is 16.3. The molecule has 0 saturated heterocycles. The van der Waals surface area contributed by atoms with Crippen molar-refractivity contribution in [3.8, 4) is 0 Å². The first-order valence-electron chi connectivity index (χ1n) is 14.5. The van der Waals surface area contributed by atoms with Crippen molar-refractivity contribution in [2.45, 2.75) is 43.4 Å². The zero-order valence-corrected chi connectivity index (χ0v) is 26.5. The summed E-state index contributed by atoms with van der Waals surface area (Å²) in [6, 6.07) is 25.5. The van der Waals surface area contributed by atoms with Crippen LogP contribution in [0.15, 0.2) is 114 Å². The summed E-state index contributed by atoms with van der Waals surface area (Å²) in [6.45, 7) is 1.20. The van der Waals surface area contributed by atoms with Gasteiger partial charge in [-0.05, 0) is 60.0 Å². The minimum atomic E-state index is -4.76. The van der Waals surface area contributed by atoms with E-state index >= 15 is 0 Å². The zero-order chi connectivity index (χ0) is 33.3. The predicted molar refractivity (Wildman–Crippen MR) is 172 cm³/mol. The number of sulfonamides is 1. The minimum Gasteiger partial charge on any atom is -0.354 e. The summed E-state index contributed by atoms with van der Waals surface area (Å²) in [7, 11) is -4.55. The van der Waals surface area contributed by atoms with E-state index in [1.165, 1.54) is 35.2 Å². The van der Waals surface area contributed by atoms with Crippen molar-refractivity contribution in [2.75, 3.05) is 17.4 Å². The standard InChI is InChI=1S/C34H33ClF3N3O4S/c1-2-19-39-33(43)31(21-25-11-5-3-6-12-25)40(23-26-13-9-15-28(35)20-26)32(42)24-41(46(44,45)30-17-7-4-8-18-30)29-16-10-14-27(22-29)34(36,37)38/h3-18,20,22,31H,2,19,21,23-24H2,1H3,(H,39,43). The Hall–Kier alpha value is -4.35. The van der Waals surface area contributed by atoms with Crippen LogP contribution in [0.1, 0.15) is 30.0 Å². The zero-order valence-electron chi connectivity index (χ0n) is 25.0. The second-order valence-corrected chi connectivity index (χ2v) is 12.8. The van der Waals surface area contributed by atoms with Crippen molar-refractivity contribution in [2.24, 2.45) is 0 Å². The molecule has 2 amide bonds. The second-order valence-electron chi connectivity index (χ2n) is 10.5. The maximum Gasteiger partial charge on any atom is 0.416 e. The Kier molecular flexibility index (Phi) is 11.5. The van der Waals surface area contributed by atoms with Crippen molar-refractivity contribution in [1.82, 2.24) is 10.2 Å². The van der Waals surface area contributed by atoms with Crippen molar-refractivity contribution in [1.29, 1.82) is 0 Å². The number of rotatable bonds is 13. The smallest absolute Gasteiger partial charge is 0.354 e. The summed E-state index contributed by atoms with van der Waals surface area (Å²) in [5, 5.41) is 3.22. The van der Waals surface area contributed by atoms with Gasteiger partial charge in [0.1, 0.15) is 12.6 Å². The molecule has 46 heavy (non-hydrogen) atoms. The number of benzene rings is 4. The van der Waals surface area contributed by atoms with Gasteiger partial charge in [-0.15, -0.1) is 0 Å².